The van der Waals surface area contributed by atoms with Crippen molar-refractivity contribution in [1.29, 1.82) is 0 Å². The van der Waals surface area contributed by atoms with E-state index in [9.17, 15) is 17.6 Å². The number of nitrogens with two attached hydrogens (primary N) is 1. The predicted molar refractivity (Wildman–Crippen MR) is 45.7 cm³/mol. The van der Waals surface area contributed by atoms with Gasteiger partial charge in [0.1, 0.15) is 0 Å². The van der Waals surface area contributed by atoms with E-state index in [-0.39, 0.29) is 0 Å². The van der Waals surface area contributed by atoms with Gasteiger partial charge in [0, 0.05) is 11.6 Å². The van der Waals surface area contributed by atoms with E-state index in [2.05, 4.69) is 0 Å². The highest BCUT2D eigenvalue weighted by atomic mass is 19.4. The minimum absolute atomic E-state index is 0.560. The number of phenols is 1. The van der Waals surface area contributed by atoms with Crippen LogP contribution in [0, 0.1) is 5.82 Å². The van der Waals surface area contributed by atoms with Crippen molar-refractivity contribution in [2.75, 3.05) is 0 Å². The molecule has 0 bridgehead atoms. The van der Waals surface area contributed by atoms with Crippen molar-refractivity contribution in [2.45, 2.75) is 19.1 Å². The molecule has 0 aliphatic carbocycles. The average molecular weight is 223 g/mol. The first-order valence-electron chi connectivity index (χ1n) is 4.09. The topological polar surface area (TPSA) is 46.2 Å². The van der Waals surface area contributed by atoms with Gasteiger partial charge in [0.05, 0.1) is 5.56 Å². The van der Waals surface area contributed by atoms with Crippen molar-refractivity contribution in [1.82, 2.24) is 0 Å². The third kappa shape index (κ3) is 2.20. The van der Waals surface area contributed by atoms with Crippen LogP contribution in [0.4, 0.5) is 17.6 Å². The maximum atomic E-state index is 12.8. The van der Waals surface area contributed by atoms with Crippen LogP contribution in [-0.4, -0.2) is 5.11 Å². The zero-order valence-electron chi connectivity index (χ0n) is 7.77. The van der Waals surface area contributed by atoms with Gasteiger partial charge in [0.15, 0.2) is 11.6 Å². The van der Waals surface area contributed by atoms with Crippen molar-refractivity contribution < 1.29 is 22.7 Å². The fraction of sp³-hybridized carbons (Fsp3) is 0.333. The molecule has 3 N–H and O–H groups in total. The van der Waals surface area contributed by atoms with E-state index in [1.54, 1.807) is 0 Å². The predicted octanol–water partition coefficient (Wildman–Crippen LogP) is 2.57. The van der Waals surface area contributed by atoms with Crippen LogP contribution in [0.25, 0.3) is 0 Å². The number of alkyl halides is 3. The summed E-state index contributed by atoms with van der Waals surface area (Å²) >= 11 is 0. The van der Waals surface area contributed by atoms with Crippen molar-refractivity contribution in [2.24, 2.45) is 5.73 Å². The van der Waals surface area contributed by atoms with Crippen molar-refractivity contribution in [3.63, 3.8) is 0 Å². The highest BCUT2D eigenvalue weighted by molar-refractivity contribution is 5.43. The van der Waals surface area contributed by atoms with Gasteiger partial charge in [0.25, 0.3) is 0 Å². The van der Waals surface area contributed by atoms with Crippen LogP contribution in [0.5, 0.6) is 5.75 Å². The number of hydrogen-bond donors (Lipinski definition) is 2. The second-order valence-electron chi connectivity index (χ2n) is 3.14. The van der Waals surface area contributed by atoms with Crippen molar-refractivity contribution in [3.8, 4) is 5.75 Å². The van der Waals surface area contributed by atoms with Gasteiger partial charge in [-0.05, 0) is 19.1 Å². The molecule has 0 fully saturated rings. The molecule has 0 saturated carbocycles. The van der Waals surface area contributed by atoms with Gasteiger partial charge < -0.3 is 10.8 Å². The van der Waals surface area contributed by atoms with Crippen LogP contribution in [-0.2, 0) is 6.18 Å². The molecule has 0 aromatic heterocycles. The normalized spacial score (nSPS) is 14.0. The molecule has 0 spiro atoms. The fourth-order valence-electron chi connectivity index (χ4n) is 1.29. The van der Waals surface area contributed by atoms with Gasteiger partial charge in [0.2, 0.25) is 0 Å². The third-order valence-corrected chi connectivity index (χ3v) is 1.93. The number of rotatable bonds is 1. The summed E-state index contributed by atoms with van der Waals surface area (Å²) in [7, 11) is 0. The molecule has 0 heterocycles. The number of halogens is 4. The van der Waals surface area contributed by atoms with E-state index in [1.165, 1.54) is 6.92 Å². The summed E-state index contributed by atoms with van der Waals surface area (Å²) in [6.45, 7) is 1.24. The first-order valence-corrected chi connectivity index (χ1v) is 4.09. The zero-order chi connectivity index (χ0) is 11.8. The molecule has 0 unspecified atom stereocenters. The number of phenolic OH excluding ortho intramolecular Hbond substituents is 1. The molecule has 0 aliphatic heterocycles. The summed E-state index contributed by atoms with van der Waals surface area (Å²) in [6.07, 6.45) is -4.66. The van der Waals surface area contributed by atoms with E-state index < -0.39 is 34.9 Å². The monoisotopic (exact) mass is 223 g/mol. The Balaban J connectivity index is 3.47. The fourth-order valence-corrected chi connectivity index (χ4v) is 1.29. The SMILES string of the molecule is C[C@H](N)c1c(C(F)(F)F)ccc(F)c1O. The van der Waals surface area contributed by atoms with Gasteiger partial charge in [-0.1, -0.05) is 0 Å². The number of hydrogen-bond acceptors (Lipinski definition) is 2. The summed E-state index contributed by atoms with van der Waals surface area (Å²) in [5, 5.41) is 9.16. The lowest BCUT2D eigenvalue weighted by atomic mass is 10.00. The van der Waals surface area contributed by atoms with E-state index in [0.717, 1.165) is 0 Å². The molecule has 0 aliphatic rings. The van der Waals surface area contributed by atoms with E-state index in [1.807, 2.05) is 0 Å². The first-order chi connectivity index (χ1) is 6.75. The molecule has 1 atom stereocenters. The quantitative estimate of drug-likeness (QED) is 0.719. The van der Waals surface area contributed by atoms with Gasteiger partial charge in [-0.15, -0.1) is 0 Å². The highest BCUT2D eigenvalue weighted by Gasteiger charge is 2.36. The number of benzene rings is 1. The molecule has 0 radical (unpaired) electrons. The molecule has 84 valence electrons. The van der Waals surface area contributed by atoms with Gasteiger partial charge >= 0.3 is 6.18 Å². The summed E-state index contributed by atoms with van der Waals surface area (Å²) in [5.41, 5.74) is 3.52. The molecular formula is C9H9F4NO. The van der Waals surface area contributed by atoms with Crippen LogP contribution < -0.4 is 5.73 Å². The lowest BCUT2D eigenvalue weighted by Crippen LogP contribution is -2.16. The van der Waals surface area contributed by atoms with Crippen LogP contribution in [0.15, 0.2) is 12.1 Å². The molecule has 15 heavy (non-hydrogen) atoms. The lowest BCUT2D eigenvalue weighted by Gasteiger charge is -2.16. The van der Waals surface area contributed by atoms with E-state index in [0.29, 0.717) is 12.1 Å². The largest absolute Gasteiger partial charge is 0.505 e. The smallest absolute Gasteiger partial charge is 0.416 e. The number of aromatic hydroxyl groups is 1. The minimum atomic E-state index is -4.66. The summed E-state index contributed by atoms with van der Waals surface area (Å²) < 4.78 is 50.1. The Morgan fingerprint density at radius 3 is 2.27 bits per heavy atom. The molecule has 1 aromatic rings. The maximum absolute atomic E-state index is 12.8. The van der Waals surface area contributed by atoms with Crippen LogP contribution >= 0.6 is 0 Å². The van der Waals surface area contributed by atoms with Crippen LogP contribution in [0.3, 0.4) is 0 Å². The second kappa shape index (κ2) is 3.69. The first kappa shape index (κ1) is 11.8. The lowest BCUT2D eigenvalue weighted by molar-refractivity contribution is -0.138. The maximum Gasteiger partial charge on any atom is 0.416 e. The molecule has 0 amide bonds. The molecule has 0 saturated heterocycles. The van der Waals surface area contributed by atoms with Crippen molar-refractivity contribution >= 4 is 0 Å². The average Bonchev–Trinajstić information content (AvgIpc) is 2.06. The zero-order valence-corrected chi connectivity index (χ0v) is 7.77. The molecular weight excluding hydrogens is 214 g/mol. The summed E-state index contributed by atoms with van der Waals surface area (Å²) in [4.78, 5) is 0. The summed E-state index contributed by atoms with van der Waals surface area (Å²) in [5.74, 6) is -2.16. The van der Waals surface area contributed by atoms with Gasteiger partial charge in [-0.2, -0.15) is 13.2 Å². The Bertz CT molecular complexity index is 373. The molecule has 1 aromatic carbocycles. The van der Waals surface area contributed by atoms with Gasteiger partial charge in [-0.3, -0.25) is 0 Å². The minimum Gasteiger partial charge on any atom is -0.505 e. The van der Waals surface area contributed by atoms with E-state index in [4.69, 9.17) is 10.8 Å². The standard InChI is InChI=1S/C9H9F4NO/c1-4(14)7-5(9(11,12)13)2-3-6(10)8(7)15/h2-4,15H,14H2,1H3/t4-/m0/s1. The Hall–Kier alpha value is -1.30. The Morgan fingerprint density at radius 1 is 1.33 bits per heavy atom. The molecule has 6 heteroatoms. The Kier molecular flexibility index (Phi) is 2.90. The van der Waals surface area contributed by atoms with Crippen LogP contribution in [0.1, 0.15) is 24.1 Å². The Labute approximate surface area is 83.3 Å². The van der Waals surface area contributed by atoms with Crippen LogP contribution in [0.2, 0.25) is 0 Å². The summed E-state index contributed by atoms with van der Waals surface area (Å²) in [6, 6.07) is 0.0231. The Morgan fingerprint density at radius 2 is 1.87 bits per heavy atom. The second-order valence-corrected chi connectivity index (χ2v) is 3.14. The third-order valence-electron chi connectivity index (χ3n) is 1.93. The molecule has 2 nitrogen and oxygen atoms in total. The van der Waals surface area contributed by atoms with E-state index >= 15 is 0 Å². The molecule has 1 rings (SSSR count). The highest BCUT2D eigenvalue weighted by Crippen LogP contribution is 2.39. The van der Waals surface area contributed by atoms with Gasteiger partial charge in [-0.25, -0.2) is 4.39 Å². The van der Waals surface area contributed by atoms with Crippen molar-refractivity contribution in [3.05, 3.63) is 29.1 Å².